The predicted octanol–water partition coefficient (Wildman–Crippen LogP) is 13.9. The summed E-state index contributed by atoms with van der Waals surface area (Å²) in [4.78, 5) is 2.43. The quantitative estimate of drug-likeness (QED) is 0.170. The molecule has 8 aromatic carbocycles. The molecule has 1 aliphatic carbocycles. The molecule has 0 N–H and O–H groups in total. The number of benzene rings is 8. The van der Waals surface area contributed by atoms with Crippen LogP contribution in [0.25, 0.3) is 60.9 Å². The number of anilines is 3. The summed E-state index contributed by atoms with van der Waals surface area (Å²) < 4.78 is 2.50. The maximum Gasteiger partial charge on any atom is 0.0564 e. The van der Waals surface area contributed by atoms with Crippen LogP contribution in [0.5, 0.6) is 0 Å². The molecule has 0 unspecified atom stereocenters. The lowest BCUT2D eigenvalue weighted by Gasteiger charge is -2.30. The van der Waals surface area contributed by atoms with Crippen LogP contribution in [-0.2, 0) is 5.41 Å². The molecule has 1 aliphatic rings. The average Bonchev–Trinajstić information content (AvgIpc) is 3.67. The topological polar surface area (TPSA) is 8.17 Å². The molecule has 0 fully saturated rings. The van der Waals surface area contributed by atoms with Crippen LogP contribution >= 0.6 is 0 Å². The third kappa shape index (κ3) is 5.02. The molecule has 0 amide bonds. The number of hydrogen-bond donors (Lipinski definition) is 0. The van der Waals surface area contributed by atoms with Gasteiger partial charge in [-0.3, -0.25) is 0 Å². The zero-order valence-corrected chi connectivity index (χ0v) is 29.9. The average molecular weight is 679 g/mol. The molecule has 0 radical (unpaired) electrons. The fourth-order valence-electron chi connectivity index (χ4n) is 8.58. The Morgan fingerprint density at radius 1 is 0.396 bits per heavy atom. The van der Waals surface area contributed by atoms with E-state index in [4.69, 9.17) is 0 Å². The van der Waals surface area contributed by atoms with Gasteiger partial charge in [-0.25, -0.2) is 0 Å². The van der Waals surface area contributed by atoms with Gasteiger partial charge in [0.15, 0.2) is 0 Å². The third-order valence-electron chi connectivity index (χ3n) is 11.2. The summed E-state index contributed by atoms with van der Waals surface area (Å²) in [7, 11) is 0. The maximum absolute atomic E-state index is 2.50. The van der Waals surface area contributed by atoms with Gasteiger partial charge in [0.2, 0.25) is 0 Å². The van der Waals surface area contributed by atoms with Gasteiger partial charge in [0.25, 0.3) is 0 Å². The second kappa shape index (κ2) is 12.3. The van der Waals surface area contributed by atoms with Crippen LogP contribution in [0.1, 0.15) is 25.0 Å². The Morgan fingerprint density at radius 2 is 0.849 bits per heavy atom. The first-order valence-corrected chi connectivity index (χ1v) is 18.4. The molecule has 2 heteroatoms. The number of nitrogens with zero attached hydrogens (tertiary/aromatic N) is 2. The lowest BCUT2D eigenvalue weighted by Crippen LogP contribution is -2.17. The van der Waals surface area contributed by atoms with E-state index in [1.165, 1.54) is 72.0 Å². The Balaban J connectivity index is 1.25. The van der Waals surface area contributed by atoms with Crippen LogP contribution in [0.4, 0.5) is 17.1 Å². The number of para-hydroxylation sites is 2. The highest BCUT2D eigenvalue weighted by atomic mass is 15.1. The predicted molar refractivity (Wildman–Crippen MR) is 224 cm³/mol. The Kier molecular flexibility index (Phi) is 7.19. The van der Waals surface area contributed by atoms with Crippen molar-refractivity contribution >= 4 is 38.9 Å². The van der Waals surface area contributed by atoms with Gasteiger partial charge in [-0.2, -0.15) is 0 Å². The molecule has 0 saturated heterocycles. The van der Waals surface area contributed by atoms with Crippen molar-refractivity contribution in [2.45, 2.75) is 19.3 Å². The molecule has 1 aromatic heterocycles. The molecule has 0 bridgehead atoms. The van der Waals surface area contributed by atoms with E-state index in [0.717, 1.165) is 17.1 Å². The second-order valence-corrected chi connectivity index (χ2v) is 14.6. The highest BCUT2D eigenvalue weighted by Crippen LogP contribution is 2.54. The van der Waals surface area contributed by atoms with Crippen molar-refractivity contribution < 1.29 is 0 Å². The lowest BCUT2D eigenvalue weighted by atomic mass is 9.82. The summed E-state index contributed by atoms with van der Waals surface area (Å²) in [5, 5.41) is 2.52. The van der Waals surface area contributed by atoms with Gasteiger partial charge in [0, 0.05) is 38.8 Å². The van der Waals surface area contributed by atoms with E-state index in [2.05, 4.69) is 217 Å². The Bertz CT molecular complexity index is 2640. The zero-order chi connectivity index (χ0) is 35.5. The van der Waals surface area contributed by atoms with Crippen molar-refractivity contribution in [3.63, 3.8) is 0 Å². The number of rotatable bonds is 6. The Labute approximate surface area is 310 Å². The van der Waals surface area contributed by atoms with Crippen molar-refractivity contribution in [1.29, 1.82) is 0 Å². The molecule has 9 aromatic rings. The zero-order valence-electron chi connectivity index (χ0n) is 29.9. The first kappa shape index (κ1) is 31.1. The first-order valence-electron chi connectivity index (χ1n) is 18.4. The van der Waals surface area contributed by atoms with Gasteiger partial charge in [-0.05, 0) is 87.5 Å². The molecule has 0 aliphatic heterocycles. The monoisotopic (exact) mass is 678 g/mol. The van der Waals surface area contributed by atoms with Crippen molar-refractivity contribution in [2.24, 2.45) is 0 Å². The first-order chi connectivity index (χ1) is 26.1. The van der Waals surface area contributed by atoms with Gasteiger partial charge in [0.1, 0.15) is 0 Å². The van der Waals surface area contributed by atoms with Crippen molar-refractivity contribution in [3.8, 4) is 39.1 Å². The SMILES string of the molecule is CC1(C)c2ccccc2-c2c(-n3c4ccccc4c4ccccc43)cc(N(c3ccc(-c4ccccc4)cc3)c3ccc(-c4ccccc4)cc3)cc21. The third-order valence-corrected chi connectivity index (χ3v) is 11.2. The Morgan fingerprint density at radius 3 is 1.40 bits per heavy atom. The van der Waals surface area contributed by atoms with Gasteiger partial charge >= 0.3 is 0 Å². The summed E-state index contributed by atoms with van der Waals surface area (Å²) in [6.45, 7) is 4.76. The molecule has 252 valence electrons. The van der Waals surface area contributed by atoms with Crippen molar-refractivity contribution in [3.05, 3.63) is 205 Å². The summed E-state index contributed by atoms with van der Waals surface area (Å²) in [5.74, 6) is 0. The van der Waals surface area contributed by atoms with E-state index in [1.807, 2.05) is 0 Å². The van der Waals surface area contributed by atoms with Crippen LogP contribution in [-0.4, -0.2) is 4.57 Å². The largest absolute Gasteiger partial charge is 0.310 e. The number of aromatic nitrogens is 1. The minimum absolute atomic E-state index is 0.199. The molecular weight excluding hydrogens is 641 g/mol. The lowest BCUT2D eigenvalue weighted by molar-refractivity contribution is 0.660. The molecule has 2 nitrogen and oxygen atoms in total. The van der Waals surface area contributed by atoms with E-state index < -0.39 is 0 Å². The molecule has 1 heterocycles. The second-order valence-electron chi connectivity index (χ2n) is 14.6. The van der Waals surface area contributed by atoms with Gasteiger partial charge < -0.3 is 9.47 Å². The van der Waals surface area contributed by atoms with Crippen molar-refractivity contribution in [2.75, 3.05) is 4.90 Å². The maximum atomic E-state index is 2.50. The minimum atomic E-state index is -0.199. The van der Waals surface area contributed by atoms with Crippen LogP contribution in [0.2, 0.25) is 0 Å². The van der Waals surface area contributed by atoms with Gasteiger partial charge in [-0.15, -0.1) is 0 Å². The van der Waals surface area contributed by atoms with Crippen LogP contribution in [0, 0.1) is 0 Å². The summed E-state index contributed by atoms with van der Waals surface area (Å²) in [6, 6.07) is 70.8. The number of hydrogen-bond acceptors (Lipinski definition) is 1. The van der Waals surface area contributed by atoms with E-state index in [9.17, 15) is 0 Å². The number of fused-ring (bicyclic) bond motifs is 6. The standard InChI is InChI=1S/C51H38N2/c1-51(2)45-22-12-9-21-44(45)50-46(51)33-41(34-49(50)53-47-23-13-10-19-42(47)43-20-11-14-24-48(43)53)52(39-29-25-37(26-30-39)35-15-5-3-6-16-35)40-31-27-38(28-32-40)36-17-7-4-8-18-36/h3-34H,1-2H3. The van der Waals surface area contributed by atoms with Crippen LogP contribution in [0.15, 0.2) is 194 Å². The molecule has 0 saturated carbocycles. The van der Waals surface area contributed by atoms with Crippen LogP contribution < -0.4 is 4.90 Å². The summed E-state index contributed by atoms with van der Waals surface area (Å²) in [5.41, 5.74) is 16.9. The van der Waals surface area contributed by atoms with Crippen molar-refractivity contribution in [1.82, 2.24) is 4.57 Å². The molecule has 10 rings (SSSR count). The molecule has 0 atom stereocenters. The summed E-state index contributed by atoms with van der Waals surface area (Å²) >= 11 is 0. The van der Waals surface area contributed by atoms with Gasteiger partial charge in [0.05, 0.1) is 16.7 Å². The fraction of sp³-hybridized carbons (Fsp3) is 0.0588. The van der Waals surface area contributed by atoms with E-state index in [-0.39, 0.29) is 5.41 Å². The molecule has 53 heavy (non-hydrogen) atoms. The Hall–Kier alpha value is -6.64. The highest BCUT2D eigenvalue weighted by molar-refractivity contribution is 6.10. The molecule has 0 spiro atoms. The van der Waals surface area contributed by atoms with Crippen LogP contribution in [0.3, 0.4) is 0 Å². The minimum Gasteiger partial charge on any atom is -0.310 e. The smallest absolute Gasteiger partial charge is 0.0564 e. The highest BCUT2D eigenvalue weighted by Gasteiger charge is 2.38. The van der Waals surface area contributed by atoms with E-state index in [1.54, 1.807) is 0 Å². The summed E-state index contributed by atoms with van der Waals surface area (Å²) in [6.07, 6.45) is 0. The van der Waals surface area contributed by atoms with E-state index >= 15 is 0 Å². The molecular formula is C51H38N2. The van der Waals surface area contributed by atoms with Gasteiger partial charge in [-0.1, -0.05) is 159 Å². The fourth-order valence-corrected chi connectivity index (χ4v) is 8.58. The van der Waals surface area contributed by atoms with E-state index in [0.29, 0.717) is 0 Å². The normalized spacial score (nSPS) is 12.9.